The zero-order valence-electron chi connectivity index (χ0n) is 11.7. The highest BCUT2D eigenvalue weighted by atomic mass is 16.4. The molecule has 1 rings (SSSR count). The van der Waals surface area contributed by atoms with Crippen LogP contribution in [0.4, 0.5) is 0 Å². The number of hydrogen-bond donors (Lipinski definition) is 0. The van der Waals surface area contributed by atoms with Gasteiger partial charge in [0.05, 0.1) is 0 Å². The van der Waals surface area contributed by atoms with Crippen molar-refractivity contribution in [1.29, 1.82) is 0 Å². The van der Waals surface area contributed by atoms with Gasteiger partial charge in [0.1, 0.15) is 0 Å². The van der Waals surface area contributed by atoms with E-state index in [1.54, 1.807) is 0 Å². The lowest BCUT2D eigenvalue weighted by Crippen LogP contribution is -2.19. The Hall–Kier alpha value is -0.530. The molecule has 0 spiro atoms. The third kappa shape index (κ3) is 11.7. The molecule has 17 heavy (non-hydrogen) atoms. The van der Waals surface area contributed by atoms with Gasteiger partial charge < -0.3 is 9.90 Å². The molecule has 0 aromatic heterocycles. The van der Waals surface area contributed by atoms with Crippen molar-refractivity contribution in [1.82, 2.24) is 0 Å². The molecule has 102 valence electrons. The van der Waals surface area contributed by atoms with Crippen LogP contribution < -0.4 is 5.11 Å². The van der Waals surface area contributed by atoms with E-state index in [0.29, 0.717) is 0 Å². The van der Waals surface area contributed by atoms with Crippen LogP contribution in [-0.2, 0) is 4.79 Å². The van der Waals surface area contributed by atoms with E-state index in [1.165, 1.54) is 71.1 Å². The zero-order chi connectivity index (χ0) is 12.9. The maximum Gasteiger partial charge on any atom is 0.0411 e. The highest BCUT2D eigenvalue weighted by Gasteiger charge is 2.15. The average Bonchev–Trinajstić information content (AvgIpc) is 2.26. The Labute approximate surface area is 107 Å². The summed E-state index contributed by atoms with van der Waals surface area (Å²) in [5.41, 5.74) is 0. The van der Waals surface area contributed by atoms with Crippen LogP contribution in [0, 0.1) is 5.92 Å². The summed E-state index contributed by atoms with van der Waals surface area (Å²) >= 11 is 0. The Morgan fingerprint density at radius 2 is 1.59 bits per heavy atom. The van der Waals surface area contributed by atoms with Gasteiger partial charge in [-0.3, -0.25) is 0 Å². The molecule has 1 aliphatic carbocycles. The predicted octanol–water partition coefficient (Wildman–Crippen LogP) is 3.68. The van der Waals surface area contributed by atoms with Crippen molar-refractivity contribution in [3.8, 4) is 0 Å². The monoisotopic (exact) mass is 241 g/mol. The number of unbranched alkanes of at least 4 members (excludes halogenated alkanes) is 5. The molecule has 0 aliphatic heterocycles. The first-order chi connectivity index (χ1) is 8.20. The smallest absolute Gasteiger partial charge is 0.0411 e. The van der Waals surface area contributed by atoms with Gasteiger partial charge in [-0.15, -0.1) is 0 Å². The van der Waals surface area contributed by atoms with E-state index in [9.17, 15) is 9.90 Å². The van der Waals surface area contributed by atoms with Gasteiger partial charge in [-0.2, -0.15) is 0 Å². The third-order valence-corrected chi connectivity index (χ3v) is 3.48. The van der Waals surface area contributed by atoms with Crippen LogP contribution in [0.15, 0.2) is 0 Å². The molecule has 0 N–H and O–H groups in total. The van der Waals surface area contributed by atoms with Crippen LogP contribution in [0.25, 0.3) is 0 Å². The van der Waals surface area contributed by atoms with Gasteiger partial charge in [-0.25, -0.2) is 0 Å². The summed E-state index contributed by atoms with van der Waals surface area (Å²) in [4.78, 5) is 9.26. The quantitative estimate of drug-likeness (QED) is 0.608. The van der Waals surface area contributed by atoms with Crippen molar-refractivity contribution in [3.05, 3.63) is 0 Å². The van der Waals surface area contributed by atoms with Gasteiger partial charge >= 0.3 is 0 Å². The van der Waals surface area contributed by atoms with E-state index in [1.807, 2.05) is 0 Å². The van der Waals surface area contributed by atoms with Gasteiger partial charge in [0.2, 0.25) is 0 Å². The topological polar surface area (TPSA) is 40.1 Å². The minimum atomic E-state index is -0.995. The van der Waals surface area contributed by atoms with Crippen LogP contribution >= 0.6 is 0 Å². The van der Waals surface area contributed by atoms with Gasteiger partial charge in [0.25, 0.3) is 0 Å². The maximum atomic E-state index is 9.26. The maximum absolute atomic E-state index is 9.26. The summed E-state index contributed by atoms with van der Waals surface area (Å²) < 4.78 is 0. The number of hydrogen-bond acceptors (Lipinski definition) is 2. The van der Waals surface area contributed by atoms with Gasteiger partial charge in [-0.1, -0.05) is 78.1 Å². The number of carboxylic acids is 1. The van der Waals surface area contributed by atoms with E-state index < -0.39 is 5.97 Å². The molecular formula is C15H29O2-. The van der Waals surface area contributed by atoms with Crippen molar-refractivity contribution in [3.63, 3.8) is 0 Å². The lowest BCUT2D eigenvalue weighted by molar-refractivity contribution is -0.305. The molecule has 1 saturated carbocycles. The number of rotatable bonds is 8. The summed E-state index contributed by atoms with van der Waals surface area (Å²) in [6, 6.07) is 0. The fraction of sp³-hybridized carbons (Fsp3) is 0.933. The second-order valence-electron chi connectivity index (χ2n) is 5.08. The average molecular weight is 241 g/mol. The Morgan fingerprint density at radius 1 is 1.06 bits per heavy atom. The summed E-state index contributed by atoms with van der Waals surface area (Å²) in [7, 11) is 0. The molecule has 2 heteroatoms. The predicted molar refractivity (Wildman–Crippen MR) is 70.6 cm³/mol. The van der Waals surface area contributed by atoms with Crippen LogP contribution in [0.3, 0.4) is 0 Å². The molecule has 0 bridgehead atoms. The van der Waals surface area contributed by atoms with Gasteiger partial charge in [-0.05, 0) is 12.3 Å². The van der Waals surface area contributed by atoms with Crippen LogP contribution in [0.2, 0.25) is 0 Å². The molecule has 1 fully saturated rings. The van der Waals surface area contributed by atoms with E-state index in [2.05, 4.69) is 6.92 Å². The van der Waals surface area contributed by atoms with E-state index in [4.69, 9.17) is 0 Å². The van der Waals surface area contributed by atoms with Crippen molar-refractivity contribution in [2.45, 2.75) is 84.5 Å². The second kappa shape index (κ2) is 11.9. The summed E-state index contributed by atoms with van der Waals surface area (Å²) in [5, 5.41) is 9.26. The normalized spacial score (nSPS) is 14.7. The van der Waals surface area contributed by atoms with Crippen LogP contribution in [0.1, 0.15) is 84.5 Å². The fourth-order valence-corrected chi connectivity index (χ4v) is 1.99. The first kappa shape index (κ1) is 16.5. The first-order valence-electron chi connectivity index (χ1n) is 7.40. The second-order valence-corrected chi connectivity index (χ2v) is 5.08. The Bertz CT molecular complexity index is 174. The Balaban J connectivity index is 0.000000437. The molecule has 0 radical (unpaired) electrons. The first-order valence-corrected chi connectivity index (χ1v) is 7.40. The van der Waals surface area contributed by atoms with Crippen molar-refractivity contribution < 1.29 is 9.90 Å². The van der Waals surface area contributed by atoms with Crippen molar-refractivity contribution in [2.75, 3.05) is 0 Å². The Kier molecular flexibility index (Phi) is 11.6. The SMILES string of the molecule is CCC(=O)[O-].CCCCCCCCC1CCC1. The number of carbonyl (C=O) groups excluding carboxylic acids is 1. The van der Waals surface area contributed by atoms with Crippen molar-refractivity contribution >= 4 is 5.97 Å². The summed E-state index contributed by atoms with van der Waals surface area (Å²) in [6.07, 6.45) is 15.0. The largest absolute Gasteiger partial charge is 0.550 e. The summed E-state index contributed by atoms with van der Waals surface area (Å²) in [6.45, 7) is 3.82. The lowest BCUT2D eigenvalue weighted by Gasteiger charge is -2.24. The standard InChI is InChI=1S/C12H24.C3H6O2/c1-2-3-4-5-6-7-9-12-10-8-11-12;1-2-3(4)5/h12H,2-11H2,1H3;2H2,1H3,(H,4,5)/p-1. The van der Waals surface area contributed by atoms with Crippen LogP contribution in [0.5, 0.6) is 0 Å². The van der Waals surface area contributed by atoms with Gasteiger partial charge in [0, 0.05) is 5.97 Å². The molecule has 0 aromatic carbocycles. The molecule has 0 unspecified atom stereocenters. The number of aliphatic carboxylic acids is 1. The molecule has 0 atom stereocenters. The lowest BCUT2D eigenvalue weighted by atomic mass is 9.81. The molecule has 0 aromatic rings. The fourth-order valence-electron chi connectivity index (χ4n) is 1.99. The van der Waals surface area contributed by atoms with Crippen LogP contribution in [-0.4, -0.2) is 5.97 Å². The molecule has 0 saturated heterocycles. The zero-order valence-corrected chi connectivity index (χ0v) is 11.7. The van der Waals surface area contributed by atoms with E-state index in [-0.39, 0.29) is 6.42 Å². The minimum Gasteiger partial charge on any atom is -0.550 e. The number of carboxylic acid groups (broad SMARTS) is 1. The Morgan fingerprint density at radius 3 is 2.00 bits per heavy atom. The van der Waals surface area contributed by atoms with E-state index >= 15 is 0 Å². The molecule has 0 heterocycles. The third-order valence-electron chi connectivity index (χ3n) is 3.48. The highest BCUT2D eigenvalue weighted by molar-refractivity contribution is 5.63. The highest BCUT2D eigenvalue weighted by Crippen LogP contribution is 2.31. The van der Waals surface area contributed by atoms with Crippen molar-refractivity contribution in [2.24, 2.45) is 5.92 Å². The molecule has 1 aliphatic rings. The molecule has 0 amide bonds. The minimum absolute atomic E-state index is 0.111. The molecular weight excluding hydrogens is 212 g/mol. The van der Waals surface area contributed by atoms with E-state index in [0.717, 1.165) is 5.92 Å². The summed E-state index contributed by atoms with van der Waals surface area (Å²) in [5.74, 6) is 0.140. The van der Waals surface area contributed by atoms with Gasteiger partial charge in [0.15, 0.2) is 0 Å². The number of carbonyl (C=O) groups is 1. The molecule has 2 nitrogen and oxygen atoms in total.